The molecule has 1 saturated carbocycles. The molecule has 1 aliphatic rings. The zero-order valence-electron chi connectivity index (χ0n) is 9.86. The van der Waals surface area contributed by atoms with Gasteiger partial charge in [-0.25, -0.2) is 0 Å². The minimum absolute atomic E-state index is 0.312. The van der Waals surface area contributed by atoms with Gasteiger partial charge in [0.25, 0.3) is 0 Å². The van der Waals surface area contributed by atoms with Crippen LogP contribution in [0, 0.1) is 5.92 Å². The molecule has 0 spiro atoms. The van der Waals surface area contributed by atoms with Gasteiger partial charge in [0.05, 0.1) is 0 Å². The van der Waals surface area contributed by atoms with E-state index in [1.165, 1.54) is 28.5 Å². The third-order valence-electron chi connectivity index (χ3n) is 3.47. The molecule has 1 aromatic carbocycles. The third-order valence-corrected chi connectivity index (χ3v) is 4.45. The largest absolute Gasteiger partial charge is 0.329 e. The maximum atomic E-state index is 5.90. The Kier molecular flexibility index (Phi) is 3.14. The van der Waals surface area contributed by atoms with Gasteiger partial charge in [-0.05, 0) is 47.7 Å². The first-order valence-electron chi connectivity index (χ1n) is 6.28. The summed E-state index contributed by atoms with van der Waals surface area (Å²) in [5, 5.41) is 7.22. The maximum absolute atomic E-state index is 5.90. The van der Waals surface area contributed by atoms with Crippen LogP contribution in [-0.2, 0) is 0 Å². The van der Waals surface area contributed by atoms with Gasteiger partial charge in [-0.1, -0.05) is 18.2 Å². The number of fused-ring (bicyclic) bond motifs is 1. The van der Waals surface area contributed by atoms with Crippen molar-refractivity contribution in [3.63, 3.8) is 0 Å². The van der Waals surface area contributed by atoms with Crippen LogP contribution in [0.2, 0.25) is 0 Å². The van der Waals surface area contributed by atoms with Crippen molar-refractivity contribution in [3.8, 4) is 0 Å². The van der Waals surface area contributed by atoms with Crippen LogP contribution in [0.25, 0.3) is 10.1 Å². The van der Waals surface area contributed by atoms with E-state index in [-0.39, 0.29) is 0 Å². The van der Waals surface area contributed by atoms with Crippen molar-refractivity contribution in [2.75, 3.05) is 13.1 Å². The molecule has 1 aliphatic carbocycles. The topological polar surface area (TPSA) is 38.0 Å². The van der Waals surface area contributed by atoms with Crippen LogP contribution >= 0.6 is 11.3 Å². The van der Waals surface area contributed by atoms with E-state index < -0.39 is 0 Å². The summed E-state index contributed by atoms with van der Waals surface area (Å²) >= 11 is 1.81. The van der Waals surface area contributed by atoms with Gasteiger partial charge < -0.3 is 11.1 Å². The minimum Gasteiger partial charge on any atom is -0.329 e. The van der Waals surface area contributed by atoms with E-state index in [0.29, 0.717) is 12.6 Å². The highest BCUT2D eigenvalue weighted by molar-refractivity contribution is 7.17. The summed E-state index contributed by atoms with van der Waals surface area (Å²) in [6.45, 7) is 1.79. The molecule has 0 radical (unpaired) electrons. The van der Waals surface area contributed by atoms with E-state index in [2.05, 4.69) is 35.0 Å². The van der Waals surface area contributed by atoms with Crippen LogP contribution in [0.3, 0.4) is 0 Å². The Morgan fingerprint density at radius 3 is 2.94 bits per heavy atom. The van der Waals surface area contributed by atoms with Crippen molar-refractivity contribution in [1.29, 1.82) is 0 Å². The molecular weight excluding hydrogens is 228 g/mol. The van der Waals surface area contributed by atoms with Crippen LogP contribution < -0.4 is 11.1 Å². The van der Waals surface area contributed by atoms with Gasteiger partial charge in [0.2, 0.25) is 0 Å². The Labute approximate surface area is 106 Å². The number of rotatable bonds is 5. The summed E-state index contributed by atoms with van der Waals surface area (Å²) in [7, 11) is 0. The Morgan fingerprint density at radius 2 is 2.18 bits per heavy atom. The molecule has 1 fully saturated rings. The summed E-state index contributed by atoms with van der Waals surface area (Å²) in [6.07, 6.45) is 2.77. The summed E-state index contributed by atoms with van der Waals surface area (Å²) in [5.41, 5.74) is 7.27. The van der Waals surface area contributed by atoms with Crippen LogP contribution in [-0.4, -0.2) is 13.1 Å². The summed E-state index contributed by atoms with van der Waals surface area (Å²) < 4.78 is 1.36. The number of hydrogen-bond acceptors (Lipinski definition) is 3. The third kappa shape index (κ3) is 2.37. The lowest BCUT2D eigenvalue weighted by molar-refractivity contribution is 0.526. The minimum atomic E-state index is 0.312. The molecule has 3 heteroatoms. The van der Waals surface area contributed by atoms with Gasteiger partial charge in [0, 0.05) is 17.3 Å². The Morgan fingerprint density at radius 1 is 1.35 bits per heavy atom. The molecule has 1 aromatic heterocycles. The molecule has 1 heterocycles. The van der Waals surface area contributed by atoms with Crippen molar-refractivity contribution in [2.24, 2.45) is 11.7 Å². The van der Waals surface area contributed by atoms with Crippen molar-refractivity contribution >= 4 is 21.4 Å². The predicted octanol–water partition coefficient (Wildman–Crippen LogP) is 2.90. The highest BCUT2D eigenvalue weighted by atomic mass is 32.1. The molecule has 2 nitrogen and oxygen atoms in total. The fourth-order valence-corrected chi connectivity index (χ4v) is 3.23. The van der Waals surface area contributed by atoms with Gasteiger partial charge in [-0.3, -0.25) is 0 Å². The predicted molar refractivity (Wildman–Crippen MR) is 74.3 cm³/mol. The number of nitrogens with one attached hydrogen (secondary N) is 1. The van der Waals surface area contributed by atoms with Crippen molar-refractivity contribution in [2.45, 2.75) is 18.9 Å². The molecule has 1 atom stereocenters. The SMILES string of the molecule is NCC(NCC1CC1)c1csc2ccccc12. The first-order chi connectivity index (χ1) is 8.38. The molecule has 2 aromatic rings. The van der Waals surface area contributed by atoms with Gasteiger partial charge in [-0.2, -0.15) is 0 Å². The average Bonchev–Trinajstić information content (AvgIpc) is 3.10. The fraction of sp³-hybridized carbons (Fsp3) is 0.429. The zero-order valence-corrected chi connectivity index (χ0v) is 10.7. The van der Waals surface area contributed by atoms with E-state index in [0.717, 1.165) is 12.5 Å². The molecular formula is C14H18N2S. The molecule has 0 aliphatic heterocycles. The van der Waals surface area contributed by atoms with E-state index in [4.69, 9.17) is 5.73 Å². The lowest BCUT2D eigenvalue weighted by Gasteiger charge is -2.16. The molecule has 3 rings (SSSR count). The summed E-state index contributed by atoms with van der Waals surface area (Å²) in [6, 6.07) is 8.89. The van der Waals surface area contributed by atoms with Crippen molar-refractivity contribution < 1.29 is 0 Å². The molecule has 1 unspecified atom stereocenters. The van der Waals surface area contributed by atoms with Crippen molar-refractivity contribution in [1.82, 2.24) is 5.32 Å². The smallest absolute Gasteiger partial charge is 0.0459 e. The average molecular weight is 246 g/mol. The van der Waals surface area contributed by atoms with Crippen LogP contribution in [0.15, 0.2) is 29.6 Å². The number of thiophene rings is 1. The highest BCUT2D eigenvalue weighted by Crippen LogP contribution is 2.32. The van der Waals surface area contributed by atoms with E-state index in [1.807, 2.05) is 11.3 Å². The monoisotopic (exact) mass is 246 g/mol. The van der Waals surface area contributed by atoms with Gasteiger partial charge in [0.1, 0.15) is 0 Å². The molecule has 0 saturated heterocycles. The maximum Gasteiger partial charge on any atom is 0.0459 e. The molecule has 0 bridgehead atoms. The first-order valence-corrected chi connectivity index (χ1v) is 7.16. The Bertz CT molecular complexity index is 502. The van der Waals surface area contributed by atoms with E-state index in [9.17, 15) is 0 Å². The quantitative estimate of drug-likeness (QED) is 0.851. The Balaban J connectivity index is 1.83. The van der Waals surface area contributed by atoms with Crippen LogP contribution in [0.5, 0.6) is 0 Å². The summed E-state index contributed by atoms with van der Waals surface area (Å²) in [5.74, 6) is 0.897. The molecule has 90 valence electrons. The first kappa shape index (κ1) is 11.2. The van der Waals surface area contributed by atoms with Crippen LogP contribution in [0.4, 0.5) is 0 Å². The van der Waals surface area contributed by atoms with Gasteiger partial charge in [0.15, 0.2) is 0 Å². The fourth-order valence-electron chi connectivity index (χ4n) is 2.22. The lowest BCUT2D eigenvalue weighted by atomic mass is 10.1. The summed E-state index contributed by atoms with van der Waals surface area (Å²) in [4.78, 5) is 0. The Hall–Kier alpha value is -0.900. The van der Waals surface area contributed by atoms with E-state index in [1.54, 1.807) is 0 Å². The second kappa shape index (κ2) is 4.77. The second-order valence-electron chi connectivity index (χ2n) is 4.83. The molecule has 3 N–H and O–H groups in total. The number of benzene rings is 1. The highest BCUT2D eigenvalue weighted by Gasteiger charge is 2.23. The van der Waals surface area contributed by atoms with Crippen LogP contribution in [0.1, 0.15) is 24.4 Å². The number of hydrogen-bond donors (Lipinski definition) is 2. The molecule has 17 heavy (non-hydrogen) atoms. The van der Waals surface area contributed by atoms with Gasteiger partial charge in [-0.15, -0.1) is 11.3 Å². The lowest BCUT2D eigenvalue weighted by Crippen LogP contribution is -2.29. The normalized spacial score (nSPS) is 17.5. The van der Waals surface area contributed by atoms with Gasteiger partial charge >= 0.3 is 0 Å². The standard InChI is InChI=1S/C14H18N2S/c15-7-13(16-8-10-5-6-10)12-9-17-14-4-2-1-3-11(12)14/h1-4,9-10,13,16H,5-8,15H2. The second-order valence-corrected chi connectivity index (χ2v) is 5.74. The number of nitrogens with two attached hydrogens (primary N) is 1. The molecule has 0 amide bonds. The zero-order chi connectivity index (χ0) is 11.7. The van der Waals surface area contributed by atoms with Crippen molar-refractivity contribution in [3.05, 3.63) is 35.2 Å². The van der Waals surface area contributed by atoms with E-state index >= 15 is 0 Å².